The minimum atomic E-state index is -4.15. The van der Waals surface area contributed by atoms with E-state index in [1.807, 2.05) is 0 Å². The molecule has 0 saturated heterocycles. The van der Waals surface area contributed by atoms with Crippen LogP contribution < -0.4 is 0 Å². The predicted molar refractivity (Wildman–Crippen MR) is 45.0 cm³/mol. The molecule has 1 aromatic rings. The van der Waals surface area contributed by atoms with Crippen molar-refractivity contribution in [3.05, 3.63) is 23.8 Å². The predicted octanol–water partition coefficient (Wildman–Crippen LogP) is 0.486. The van der Waals surface area contributed by atoms with Crippen molar-refractivity contribution in [3.8, 4) is 11.5 Å². The maximum Gasteiger partial charge on any atom is 0.269 e. The van der Waals surface area contributed by atoms with Crippen molar-refractivity contribution in [1.82, 2.24) is 0 Å². The van der Waals surface area contributed by atoms with E-state index >= 15 is 0 Å². The Balaban J connectivity index is 3.04. The Morgan fingerprint density at radius 2 is 1.85 bits per heavy atom. The average molecular weight is 204 g/mol. The second kappa shape index (κ2) is 3.23. The summed E-state index contributed by atoms with van der Waals surface area (Å²) in [6, 6.07) is 3.44. The van der Waals surface area contributed by atoms with E-state index in [2.05, 4.69) is 0 Å². The zero-order valence-electron chi connectivity index (χ0n) is 6.51. The van der Waals surface area contributed by atoms with Crippen LogP contribution in [0.2, 0.25) is 0 Å². The van der Waals surface area contributed by atoms with Gasteiger partial charge in [-0.1, -0.05) is 6.07 Å². The fourth-order valence-corrected chi connectivity index (χ4v) is 1.51. The Kier molecular flexibility index (Phi) is 2.44. The summed E-state index contributed by atoms with van der Waals surface area (Å²) < 4.78 is 29.3. The summed E-state index contributed by atoms with van der Waals surface area (Å²) in [6.45, 7) is 0. The van der Waals surface area contributed by atoms with E-state index in [0.717, 1.165) is 6.07 Å². The highest BCUT2D eigenvalue weighted by Crippen LogP contribution is 2.23. The molecule has 0 amide bonds. The van der Waals surface area contributed by atoms with Crippen molar-refractivity contribution in [1.29, 1.82) is 0 Å². The van der Waals surface area contributed by atoms with Crippen molar-refractivity contribution in [3.63, 3.8) is 0 Å². The van der Waals surface area contributed by atoms with Crippen LogP contribution >= 0.6 is 0 Å². The lowest BCUT2D eigenvalue weighted by atomic mass is 10.2. The molecule has 0 fully saturated rings. The third-order valence-electron chi connectivity index (χ3n) is 1.41. The number of aromatic hydroxyl groups is 2. The highest BCUT2D eigenvalue weighted by atomic mass is 32.2. The lowest BCUT2D eigenvalue weighted by molar-refractivity contribution is 0.444. The van der Waals surface area contributed by atoms with E-state index in [-0.39, 0.29) is 17.1 Å². The molecule has 0 atom stereocenters. The van der Waals surface area contributed by atoms with Crippen LogP contribution in [0.15, 0.2) is 18.2 Å². The number of benzene rings is 1. The van der Waals surface area contributed by atoms with Gasteiger partial charge in [0.2, 0.25) is 0 Å². The molecule has 0 radical (unpaired) electrons. The molecule has 0 saturated carbocycles. The van der Waals surface area contributed by atoms with E-state index in [0.29, 0.717) is 0 Å². The van der Waals surface area contributed by atoms with Gasteiger partial charge < -0.3 is 10.2 Å². The number of hydrogen-bond acceptors (Lipinski definition) is 4. The molecule has 1 rings (SSSR count). The largest absolute Gasteiger partial charge is 0.508 e. The lowest BCUT2D eigenvalue weighted by Gasteiger charge is -2.02. The first kappa shape index (κ1) is 9.82. The summed E-state index contributed by atoms with van der Waals surface area (Å²) >= 11 is 0. The Morgan fingerprint density at radius 3 is 2.31 bits per heavy atom. The fourth-order valence-electron chi connectivity index (χ4n) is 0.871. The Morgan fingerprint density at radius 1 is 1.23 bits per heavy atom. The summed E-state index contributed by atoms with van der Waals surface area (Å²) in [4.78, 5) is 0. The van der Waals surface area contributed by atoms with Crippen LogP contribution in [0, 0.1) is 0 Å². The maximum absolute atomic E-state index is 10.4. The van der Waals surface area contributed by atoms with Gasteiger partial charge in [0.25, 0.3) is 10.1 Å². The molecule has 0 aromatic heterocycles. The van der Waals surface area contributed by atoms with E-state index < -0.39 is 15.9 Å². The Bertz CT molecular complexity index is 409. The van der Waals surface area contributed by atoms with Crippen molar-refractivity contribution < 1.29 is 23.2 Å². The van der Waals surface area contributed by atoms with E-state index in [9.17, 15) is 8.42 Å². The first-order valence-corrected chi connectivity index (χ1v) is 4.95. The molecule has 0 aliphatic rings. The quantitative estimate of drug-likeness (QED) is 0.609. The topological polar surface area (TPSA) is 94.8 Å². The molecule has 0 spiro atoms. The summed E-state index contributed by atoms with van der Waals surface area (Å²) in [5.41, 5.74) is 0.0419. The molecule has 3 N–H and O–H groups in total. The first-order chi connectivity index (χ1) is 5.88. The molecule has 0 bridgehead atoms. The van der Waals surface area contributed by atoms with Crippen LogP contribution in [0.5, 0.6) is 11.5 Å². The molecular formula is C7H8O5S. The minimum absolute atomic E-state index is 0.0419. The second-order valence-corrected chi connectivity index (χ2v) is 3.99. The number of rotatable bonds is 2. The standard InChI is InChI=1S/C7H8O5S/c8-6-2-1-5(7(9)3-6)4-13(10,11)12/h1-3,8-9H,4H2,(H,10,11,12). The SMILES string of the molecule is O=S(=O)(O)Cc1ccc(O)cc1O. The normalized spacial score (nSPS) is 11.5. The molecule has 5 nitrogen and oxygen atoms in total. The summed E-state index contributed by atoms with van der Waals surface area (Å²) in [6.07, 6.45) is 0. The second-order valence-electron chi connectivity index (χ2n) is 2.54. The van der Waals surface area contributed by atoms with Crippen molar-refractivity contribution in [2.24, 2.45) is 0 Å². The molecule has 0 aliphatic heterocycles. The summed E-state index contributed by atoms with van der Waals surface area (Å²) in [5, 5.41) is 18.0. The third-order valence-corrected chi connectivity index (χ3v) is 2.08. The van der Waals surface area contributed by atoms with Gasteiger partial charge in [0, 0.05) is 11.6 Å². The molecular weight excluding hydrogens is 196 g/mol. The number of hydrogen-bond donors (Lipinski definition) is 3. The third kappa shape index (κ3) is 2.92. The van der Waals surface area contributed by atoms with Crippen molar-refractivity contribution in [2.75, 3.05) is 0 Å². The van der Waals surface area contributed by atoms with E-state index in [4.69, 9.17) is 14.8 Å². The van der Waals surface area contributed by atoms with Crippen LogP contribution in [-0.4, -0.2) is 23.2 Å². The van der Waals surface area contributed by atoms with Gasteiger partial charge in [0.1, 0.15) is 17.3 Å². The van der Waals surface area contributed by atoms with Gasteiger partial charge in [-0.15, -0.1) is 0 Å². The van der Waals surface area contributed by atoms with Crippen LogP contribution in [0.25, 0.3) is 0 Å². The smallest absolute Gasteiger partial charge is 0.269 e. The summed E-state index contributed by atoms with van der Waals surface area (Å²) in [5.74, 6) is -1.20. The zero-order chi connectivity index (χ0) is 10.1. The number of phenolic OH excluding ortho intramolecular Hbond substituents is 2. The Hall–Kier alpha value is -1.27. The monoisotopic (exact) mass is 204 g/mol. The van der Waals surface area contributed by atoms with Gasteiger partial charge in [-0.25, -0.2) is 0 Å². The highest BCUT2D eigenvalue weighted by Gasteiger charge is 2.10. The van der Waals surface area contributed by atoms with Gasteiger partial charge in [-0.2, -0.15) is 8.42 Å². The number of phenols is 2. The molecule has 6 heteroatoms. The van der Waals surface area contributed by atoms with Crippen LogP contribution in [0.4, 0.5) is 0 Å². The highest BCUT2D eigenvalue weighted by molar-refractivity contribution is 7.85. The van der Waals surface area contributed by atoms with Gasteiger partial charge in [-0.05, 0) is 6.07 Å². The van der Waals surface area contributed by atoms with Gasteiger partial charge in [0.15, 0.2) is 0 Å². The van der Waals surface area contributed by atoms with Gasteiger partial charge >= 0.3 is 0 Å². The van der Waals surface area contributed by atoms with E-state index in [1.54, 1.807) is 0 Å². The van der Waals surface area contributed by atoms with Gasteiger partial charge in [0.05, 0.1) is 0 Å². The molecule has 13 heavy (non-hydrogen) atoms. The first-order valence-electron chi connectivity index (χ1n) is 3.34. The zero-order valence-corrected chi connectivity index (χ0v) is 7.32. The fraction of sp³-hybridized carbons (Fsp3) is 0.143. The average Bonchev–Trinajstić information content (AvgIpc) is 1.93. The molecule has 0 heterocycles. The molecule has 72 valence electrons. The van der Waals surface area contributed by atoms with Crippen molar-refractivity contribution >= 4 is 10.1 Å². The molecule has 1 aromatic carbocycles. The van der Waals surface area contributed by atoms with Crippen LogP contribution in [0.1, 0.15) is 5.56 Å². The molecule has 0 aliphatic carbocycles. The van der Waals surface area contributed by atoms with Crippen LogP contribution in [0.3, 0.4) is 0 Å². The minimum Gasteiger partial charge on any atom is -0.508 e. The molecule has 0 unspecified atom stereocenters. The van der Waals surface area contributed by atoms with Crippen molar-refractivity contribution in [2.45, 2.75) is 5.75 Å². The summed E-state index contributed by atoms with van der Waals surface area (Å²) in [7, 11) is -4.15. The lowest BCUT2D eigenvalue weighted by Crippen LogP contribution is -2.01. The van der Waals surface area contributed by atoms with Gasteiger partial charge in [-0.3, -0.25) is 4.55 Å². The van der Waals surface area contributed by atoms with E-state index in [1.165, 1.54) is 12.1 Å². The maximum atomic E-state index is 10.4. The Labute approximate surface area is 75.0 Å². The van der Waals surface area contributed by atoms with Crippen LogP contribution in [-0.2, 0) is 15.9 Å².